The van der Waals surface area contributed by atoms with Crippen LogP contribution in [0.25, 0.3) is 0 Å². The molecule has 6 heteroatoms. The Morgan fingerprint density at radius 2 is 2.13 bits per heavy atom. The average molecular weight is 313 g/mol. The van der Waals surface area contributed by atoms with Crippen LogP contribution >= 0.6 is 39.3 Å². The van der Waals surface area contributed by atoms with Gasteiger partial charge in [-0.2, -0.15) is 0 Å². The van der Waals surface area contributed by atoms with E-state index in [0.717, 1.165) is 4.90 Å². The van der Waals surface area contributed by atoms with Crippen molar-refractivity contribution in [3.05, 3.63) is 21.6 Å². The van der Waals surface area contributed by atoms with Gasteiger partial charge in [-0.3, -0.25) is 4.39 Å². The third-order valence-corrected chi connectivity index (χ3v) is 3.18. The minimum absolute atomic E-state index is 0.483. The van der Waals surface area contributed by atoms with Crippen LogP contribution in [0.4, 0.5) is 4.39 Å². The van der Waals surface area contributed by atoms with E-state index in [-0.39, 0.29) is 0 Å². The van der Waals surface area contributed by atoms with Crippen LogP contribution in [0.15, 0.2) is 21.5 Å². The van der Waals surface area contributed by atoms with E-state index in [9.17, 15) is 4.39 Å². The maximum absolute atomic E-state index is 9.50. The zero-order chi connectivity index (χ0) is 11.8. The van der Waals surface area contributed by atoms with Crippen LogP contribution in [-0.2, 0) is 0 Å². The second-order valence-corrected chi connectivity index (χ2v) is 4.22. The normalized spacial score (nSPS) is 8.53. The van der Waals surface area contributed by atoms with Gasteiger partial charge < -0.3 is 4.74 Å². The van der Waals surface area contributed by atoms with Gasteiger partial charge in [0.05, 0.1) is 16.7 Å². The van der Waals surface area contributed by atoms with Crippen molar-refractivity contribution >= 4 is 39.3 Å². The molecule has 82 valence electrons. The van der Waals surface area contributed by atoms with Crippen LogP contribution in [0.3, 0.4) is 0 Å². The van der Waals surface area contributed by atoms with Gasteiger partial charge in [-0.15, -0.1) is 17.0 Å². The standard InChI is InChI=1S/C8H5BrClNOS.CH3F/c1-13-8-3-7(12-4-11)5(9)2-6(8)10;1-2/h2-3H,1H3;1H3. The Morgan fingerprint density at radius 3 is 2.60 bits per heavy atom. The largest absolute Gasteiger partial charge is 0.387 e. The van der Waals surface area contributed by atoms with Gasteiger partial charge in [0.2, 0.25) is 0 Å². The second kappa shape index (κ2) is 7.80. The van der Waals surface area contributed by atoms with E-state index in [1.54, 1.807) is 18.4 Å². The molecule has 0 spiro atoms. The molecule has 0 fully saturated rings. The third kappa shape index (κ3) is 4.29. The van der Waals surface area contributed by atoms with Gasteiger partial charge in [-0.1, -0.05) is 11.6 Å². The number of rotatable bonds is 2. The smallest absolute Gasteiger partial charge is 0.292 e. The molecule has 0 saturated carbocycles. The van der Waals surface area contributed by atoms with Gasteiger partial charge in [0.1, 0.15) is 0 Å². The van der Waals surface area contributed by atoms with Crippen molar-refractivity contribution in [2.24, 2.45) is 0 Å². The quantitative estimate of drug-likeness (QED) is 0.604. The molecule has 0 heterocycles. The highest BCUT2D eigenvalue weighted by Crippen LogP contribution is 2.35. The van der Waals surface area contributed by atoms with E-state index >= 15 is 0 Å². The number of nitriles is 1. The summed E-state index contributed by atoms with van der Waals surface area (Å²) in [6, 6.07) is 3.43. The summed E-state index contributed by atoms with van der Waals surface area (Å²) < 4.78 is 14.9. The molecule has 0 N–H and O–H groups in total. The second-order valence-electron chi connectivity index (χ2n) is 2.11. The Kier molecular flexibility index (Phi) is 7.57. The van der Waals surface area contributed by atoms with Crippen molar-refractivity contribution in [2.45, 2.75) is 4.90 Å². The first-order valence-electron chi connectivity index (χ1n) is 3.65. The van der Waals surface area contributed by atoms with Crippen molar-refractivity contribution < 1.29 is 9.13 Å². The number of thioether (sulfide) groups is 1. The van der Waals surface area contributed by atoms with E-state index in [1.165, 1.54) is 11.8 Å². The number of hydrogen-bond acceptors (Lipinski definition) is 3. The summed E-state index contributed by atoms with van der Waals surface area (Å²) in [6.07, 6.45) is 3.52. The first-order valence-corrected chi connectivity index (χ1v) is 6.05. The molecule has 0 bridgehead atoms. The van der Waals surface area contributed by atoms with Crippen LogP contribution in [0.2, 0.25) is 5.02 Å². The monoisotopic (exact) mass is 311 g/mol. The van der Waals surface area contributed by atoms with Gasteiger partial charge in [-0.05, 0) is 34.3 Å². The van der Waals surface area contributed by atoms with E-state index in [0.29, 0.717) is 22.4 Å². The lowest BCUT2D eigenvalue weighted by atomic mass is 10.3. The van der Waals surface area contributed by atoms with Crippen LogP contribution in [-0.4, -0.2) is 13.4 Å². The Labute approximate surface area is 105 Å². The summed E-state index contributed by atoms with van der Waals surface area (Å²) in [5.74, 6) is 0.483. The Balaban J connectivity index is 0.000000921. The number of alkyl halides is 1. The third-order valence-electron chi connectivity index (χ3n) is 1.36. The molecule has 2 nitrogen and oxygen atoms in total. The van der Waals surface area contributed by atoms with Crippen molar-refractivity contribution in [2.75, 3.05) is 13.4 Å². The van der Waals surface area contributed by atoms with E-state index in [2.05, 4.69) is 15.9 Å². The maximum atomic E-state index is 9.50. The molecule has 0 atom stereocenters. The average Bonchev–Trinajstić information content (AvgIpc) is 2.25. The summed E-state index contributed by atoms with van der Waals surface area (Å²) in [5, 5.41) is 8.99. The first kappa shape index (κ1) is 14.6. The molecular formula is C9H8BrClFNOS. The van der Waals surface area contributed by atoms with Crippen LogP contribution in [0.1, 0.15) is 0 Å². The highest BCUT2D eigenvalue weighted by molar-refractivity contribution is 9.10. The maximum Gasteiger partial charge on any atom is 0.292 e. The highest BCUT2D eigenvalue weighted by atomic mass is 79.9. The molecule has 0 aliphatic carbocycles. The molecule has 1 rings (SSSR count). The summed E-state index contributed by atoms with van der Waals surface area (Å²) >= 11 is 10.7. The molecule has 0 amide bonds. The summed E-state index contributed by atoms with van der Waals surface area (Å²) in [5.41, 5.74) is 0. The van der Waals surface area contributed by atoms with E-state index in [1.807, 2.05) is 6.26 Å². The fraction of sp³-hybridized carbons (Fsp3) is 0.222. The molecule has 0 saturated heterocycles. The number of benzene rings is 1. The van der Waals surface area contributed by atoms with E-state index < -0.39 is 0 Å². The van der Waals surface area contributed by atoms with E-state index in [4.69, 9.17) is 21.6 Å². The topological polar surface area (TPSA) is 33.0 Å². The lowest BCUT2D eigenvalue weighted by Crippen LogP contribution is -1.85. The first-order chi connectivity index (χ1) is 7.19. The molecular weight excluding hydrogens is 305 g/mol. The van der Waals surface area contributed by atoms with Crippen LogP contribution in [0.5, 0.6) is 5.75 Å². The molecule has 0 unspecified atom stereocenters. The van der Waals surface area contributed by atoms with Crippen molar-refractivity contribution in [3.63, 3.8) is 0 Å². The van der Waals surface area contributed by atoms with Crippen LogP contribution in [0, 0.1) is 11.5 Å². The Morgan fingerprint density at radius 1 is 1.53 bits per heavy atom. The molecule has 15 heavy (non-hydrogen) atoms. The van der Waals surface area contributed by atoms with Crippen molar-refractivity contribution in [1.82, 2.24) is 0 Å². The summed E-state index contributed by atoms with van der Waals surface area (Å²) in [6.45, 7) is 0. The molecule has 0 radical (unpaired) electrons. The summed E-state index contributed by atoms with van der Waals surface area (Å²) in [7, 11) is 0.500. The van der Waals surface area contributed by atoms with Gasteiger partial charge >= 0.3 is 0 Å². The molecule has 0 aliphatic heterocycles. The minimum atomic E-state index is 0.483. The number of halogens is 3. The molecule has 1 aromatic rings. The number of hydrogen-bond donors (Lipinski definition) is 0. The number of nitrogens with zero attached hydrogens (tertiary/aromatic N) is 1. The van der Waals surface area contributed by atoms with Gasteiger partial charge in [0.15, 0.2) is 5.75 Å². The fourth-order valence-corrected chi connectivity index (χ4v) is 2.22. The van der Waals surface area contributed by atoms with Crippen molar-refractivity contribution in [3.8, 4) is 12.0 Å². The van der Waals surface area contributed by atoms with Crippen LogP contribution < -0.4 is 4.74 Å². The zero-order valence-electron chi connectivity index (χ0n) is 8.05. The molecule has 0 aliphatic rings. The zero-order valence-corrected chi connectivity index (χ0v) is 11.2. The lowest BCUT2D eigenvalue weighted by Gasteiger charge is -2.04. The predicted molar refractivity (Wildman–Crippen MR) is 64.2 cm³/mol. The fourth-order valence-electron chi connectivity index (χ4n) is 0.794. The number of ether oxygens (including phenoxy) is 1. The minimum Gasteiger partial charge on any atom is -0.387 e. The molecule has 1 aromatic carbocycles. The molecule has 0 aromatic heterocycles. The SMILES string of the molecule is CF.CSc1cc(OC#N)c(Br)cc1Cl. The predicted octanol–water partition coefficient (Wildman–Crippen LogP) is 4.27. The highest BCUT2D eigenvalue weighted by Gasteiger charge is 2.07. The summed E-state index contributed by atoms with van der Waals surface area (Å²) in [4.78, 5) is 0.884. The van der Waals surface area contributed by atoms with Gasteiger partial charge in [0.25, 0.3) is 6.26 Å². The van der Waals surface area contributed by atoms with Gasteiger partial charge in [0, 0.05) is 4.90 Å². The van der Waals surface area contributed by atoms with Gasteiger partial charge in [-0.25, -0.2) is 0 Å². The lowest BCUT2D eigenvalue weighted by molar-refractivity contribution is 0.502. The Bertz CT molecular complexity index is 370. The Hall–Kier alpha value is -0.440. The van der Waals surface area contributed by atoms with Crippen molar-refractivity contribution in [1.29, 1.82) is 5.26 Å².